The molecule has 26 heavy (non-hydrogen) atoms. The Kier molecular flexibility index (Phi) is 4.70. The summed E-state index contributed by atoms with van der Waals surface area (Å²) in [4.78, 5) is 26.3. The lowest BCUT2D eigenvalue weighted by Crippen LogP contribution is -2.09. The van der Waals surface area contributed by atoms with Crippen LogP contribution in [0.5, 0.6) is 0 Å². The number of benzene rings is 2. The predicted octanol–water partition coefficient (Wildman–Crippen LogP) is 4.73. The number of rotatable bonds is 4. The number of nitro groups is 1. The average molecular weight is 373 g/mol. The minimum atomic E-state index is -0.454. The quantitative estimate of drug-likeness (QED) is 0.407. The first-order chi connectivity index (χ1) is 12.3. The number of halogens is 1. The lowest BCUT2D eigenvalue weighted by Gasteiger charge is -2.15. The highest BCUT2D eigenvalue weighted by atomic mass is 35.5. The molecule has 7 heteroatoms. The predicted molar refractivity (Wildman–Crippen MR) is 101 cm³/mol. The fourth-order valence-corrected chi connectivity index (χ4v) is 3.39. The Morgan fingerprint density at radius 2 is 1.92 bits per heavy atom. The molecule has 0 spiro atoms. The van der Waals surface area contributed by atoms with Crippen LogP contribution in [0.1, 0.15) is 16.8 Å². The standard InChI is InChI=1S/C19H17ClN2O4/c1-10-8-15-17(12-4-6-13(20)7-5-12)14(9-16(23)26-3)11(2)19(22(24)25)18(15)21-10/h4-8,21H,9H2,1-3H3. The molecule has 0 saturated heterocycles. The molecule has 1 heterocycles. The molecule has 0 radical (unpaired) electrons. The number of nitrogens with zero attached hydrogens (tertiary/aromatic N) is 1. The maximum Gasteiger partial charge on any atom is 0.310 e. The van der Waals surface area contributed by atoms with Crippen LogP contribution in [-0.2, 0) is 16.0 Å². The van der Waals surface area contributed by atoms with Crippen LogP contribution < -0.4 is 0 Å². The van der Waals surface area contributed by atoms with Crippen molar-refractivity contribution in [3.63, 3.8) is 0 Å². The normalized spacial score (nSPS) is 10.9. The van der Waals surface area contributed by atoms with E-state index in [1.165, 1.54) is 7.11 Å². The molecule has 0 amide bonds. The Hall–Kier alpha value is -2.86. The Labute approximate surface area is 154 Å². The highest BCUT2D eigenvalue weighted by molar-refractivity contribution is 6.30. The van der Waals surface area contributed by atoms with Crippen LogP contribution in [0, 0.1) is 24.0 Å². The van der Waals surface area contributed by atoms with Gasteiger partial charge in [0.05, 0.1) is 18.5 Å². The van der Waals surface area contributed by atoms with Crippen LogP contribution in [-0.4, -0.2) is 23.0 Å². The number of fused-ring (bicyclic) bond motifs is 1. The third-order valence-electron chi connectivity index (χ3n) is 4.43. The second kappa shape index (κ2) is 6.80. The van der Waals surface area contributed by atoms with Gasteiger partial charge in [0.1, 0.15) is 5.52 Å². The number of methoxy groups -OCH3 is 1. The van der Waals surface area contributed by atoms with Crippen molar-refractivity contribution in [1.82, 2.24) is 4.98 Å². The van der Waals surface area contributed by atoms with Crippen molar-refractivity contribution in [3.8, 4) is 11.1 Å². The van der Waals surface area contributed by atoms with E-state index in [0.29, 0.717) is 27.1 Å². The largest absolute Gasteiger partial charge is 0.469 e. The number of ether oxygens (including phenoxy) is 1. The summed E-state index contributed by atoms with van der Waals surface area (Å²) in [6, 6.07) is 9.03. The maximum atomic E-state index is 12.0. The zero-order valence-corrected chi connectivity index (χ0v) is 15.3. The smallest absolute Gasteiger partial charge is 0.310 e. The summed E-state index contributed by atoms with van der Waals surface area (Å²) in [5.41, 5.74) is 3.85. The number of aryl methyl sites for hydroxylation is 1. The Balaban J connectivity index is 2.44. The molecular weight excluding hydrogens is 356 g/mol. The molecular formula is C19H17ClN2O4. The summed E-state index contributed by atoms with van der Waals surface area (Å²) in [7, 11) is 1.30. The van der Waals surface area contributed by atoms with E-state index in [4.69, 9.17) is 16.3 Å². The Morgan fingerprint density at radius 1 is 1.27 bits per heavy atom. The topological polar surface area (TPSA) is 85.2 Å². The number of aromatic nitrogens is 1. The van der Waals surface area contributed by atoms with Gasteiger partial charge >= 0.3 is 5.97 Å². The second-order valence-corrected chi connectivity index (χ2v) is 6.52. The molecule has 0 aliphatic rings. The minimum absolute atomic E-state index is 0.0234. The summed E-state index contributed by atoms with van der Waals surface area (Å²) in [5.74, 6) is -0.454. The number of aromatic amines is 1. The zero-order valence-electron chi connectivity index (χ0n) is 14.6. The van der Waals surface area contributed by atoms with Gasteiger partial charge in [0, 0.05) is 21.7 Å². The number of esters is 1. The van der Waals surface area contributed by atoms with Gasteiger partial charge in [-0.25, -0.2) is 0 Å². The van der Waals surface area contributed by atoms with Gasteiger partial charge in [-0.15, -0.1) is 0 Å². The molecule has 1 N–H and O–H groups in total. The van der Waals surface area contributed by atoms with Crippen molar-refractivity contribution >= 4 is 34.2 Å². The maximum absolute atomic E-state index is 12.0. The van der Waals surface area contributed by atoms with Crippen LogP contribution in [0.2, 0.25) is 5.02 Å². The Morgan fingerprint density at radius 3 is 2.50 bits per heavy atom. The molecule has 2 aromatic carbocycles. The summed E-state index contributed by atoms with van der Waals surface area (Å²) >= 11 is 6.00. The molecule has 0 aliphatic carbocycles. The molecule has 1 aromatic heterocycles. The fourth-order valence-electron chi connectivity index (χ4n) is 3.27. The van der Waals surface area contributed by atoms with E-state index in [0.717, 1.165) is 16.8 Å². The van der Waals surface area contributed by atoms with E-state index in [1.807, 2.05) is 25.1 Å². The van der Waals surface area contributed by atoms with Crippen LogP contribution in [0.15, 0.2) is 30.3 Å². The van der Waals surface area contributed by atoms with Crippen molar-refractivity contribution in [1.29, 1.82) is 0 Å². The number of carbonyl (C=O) groups excluding carboxylic acids is 1. The number of carbonyl (C=O) groups is 1. The van der Waals surface area contributed by atoms with Gasteiger partial charge in [-0.05, 0) is 48.7 Å². The average Bonchev–Trinajstić information content (AvgIpc) is 2.96. The summed E-state index contributed by atoms with van der Waals surface area (Å²) in [5, 5.41) is 13.0. The van der Waals surface area contributed by atoms with E-state index in [2.05, 4.69) is 4.98 Å². The van der Waals surface area contributed by atoms with Crippen molar-refractivity contribution in [2.45, 2.75) is 20.3 Å². The van der Waals surface area contributed by atoms with Gasteiger partial charge in [0.15, 0.2) is 0 Å². The van der Waals surface area contributed by atoms with E-state index in [1.54, 1.807) is 19.1 Å². The highest BCUT2D eigenvalue weighted by Crippen LogP contribution is 2.41. The lowest BCUT2D eigenvalue weighted by molar-refractivity contribution is -0.383. The molecule has 0 aliphatic heterocycles. The summed E-state index contributed by atoms with van der Waals surface area (Å²) in [6.07, 6.45) is -0.0543. The number of nitrogens with one attached hydrogen (secondary N) is 1. The van der Waals surface area contributed by atoms with Gasteiger partial charge in [-0.3, -0.25) is 14.9 Å². The number of H-pyrrole nitrogens is 1. The van der Waals surface area contributed by atoms with Crippen molar-refractivity contribution in [3.05, 3.63) is 62.3 Å². The number of nitro benzene ring substituents is 1. The zero-order chi connectivity index (χ0) is 19.0. The summed E-state index contributed by atoms with van der Waals surface area (Å²) in [6.45, 7) is 3.50. The molecule has 134 valence electrons. The molecule has 0 saturated carbocycles. The highest BCUT2D eigenvalue weighted by Gasteiger charge is 2.27. The number of hydrogen-bond donors (Lipinski definition) is 1. The van der Waals surface area contributed by atoms with Crippen LogP contribution in [0.4, 0.5) is 5.69 Å². The van der Waals surface area contributed by atoms with Crippen molar-refractivity contribution in [2.75, 3.05) is 7.11 Å². The monoisotopic (exact) mass is 372 g/mol. The van der Waals surface area contributed by atoms with E-state index in [9.17, 15) is 14.9 Å². The molecule has 0 unspecified atom stereocenters. The third kappa shape index (κ3) is 3.04. The van der Waals surface area contributed by atoms with Crippen LogP contribution >= 0.6 is 11.6 Å². The molecule has 3 rings (SSSR count). The first kappa shape index (κ1) is 17.9. The van der Waals surface area contributed by atoms with E-state index in [-0.39, 0.29) is 12.1 Å². The molecule has 0 fully saturated rings. The molecule has 3 aromatic rings. The van der Waals surface area contributed by atoms with Crippen molar-refractivity contribution in [2.24, 2.45) is 0 Å². The van der Waals surface area contributed by atoms with Gasteiger partial charge < -0.3 is 9.72 Å². The third-order valence-corrected chi connectivity index (χ3v) is 4.68. The first-order valence-electron chi connectivity index (χ1n) is 7.95. The van der Waals surface area contributed by atoms with E-state index < -0.39 is 10.9 Å². The molecule has 0 atom stereocenters. The van der Waals surface area contributed by atoms with Crippen molar-refractivity contribution < 1.29 is 14.5 Å². The lowest BCUT2D eigenvalue weighted by atomic mass is 9.89. The van der Waals surface area contributed by atoms with Gasteiger partial charge in [0.25, 0.3) is 5.69 Å². The van der Waals surface area contributed by atoms with Gasteiger partial charge in [0.2, 0.25) is 0 Å². The fraction of sp³-hybridized carbons (Fsp3) is 0.211. The number of hydrogen-bond acceptors (Lipinski definition) is 4. The summed E-state index contributed by atoms with van der Waals surface area (Å²) < 4.78 is 4.80. The second-order valence-electron chi connectivity index (χ2n) is 6.09. The Bertz CT molecular complexity index is 1020. The molecule has 0 bridgehead atoms. The van der Waals surface area contributed by atoms with Crippen LogP contribution in [0.25, 0.3) is 22.0 Å². The molecule has 6 nitrogen and oxygen atoms in total. The minimum Gasteiger partial charge on any atom is -0.469 e. The van der Waals surface area contributed by atoms with Gasteiger partial charge in [-0.2, -0.15) is 0 Å². The SMILES string of the molecule is COC(=O)Cc1c(C)c([N+](=O)[O-])c2[nH]c(C)cc2c1-c1ccc(Cl)cc1. The van der Waals surface area contributed by atoms with Crippen LogP contribution in [0.3, 0.4) is 0 Å². The van der Waals surface area contributed by atoms with Gasteiger partial charge in [-0.1, -0.05) is 23.7 Å². The van der Waals surface area contributed by atoms with E-state index >= 15 is 0 Å². The first-order valence-corrected chi connectivity index (χ1v) is 8.33.